The van der Waals surface area contributed by atoms with Gasteiger partial charge in [0, 0.05) is 5.25 Å². The highest BCUT2D eigenvalue weighted by Crippen LogP contribution is 2.35. The van der Waals surface area contributed by atoms with Gasteiger partial charge in [0.15, 0.2) is 0 Å². The molecule has 1 saturated carbocycles. The monoisotopic (exact) mass is 214 g/mol. The average molecular weight is 214 g/mol. The number of hydrogen-bond acceptors (Lipinski definition) is 2. The molecule has 2 unspecified atom stereocenters. The minimum Gasteiger partial charge on any atom is -0.392 e. The summed E-state index contributed by atoms with van der Waals surface area (Å²) in [5.41, 5.74) is 0. The average Bonchev–Trinajstić information content (AvgIpc) is 2.30. The van der Waals surface area contributed by atoms with Crippen LogP contribution in [0.25, 0.3) is 0 Å². The van der Waals surface area contributed by atoms with Gasteiger partial charge in [-0.3, -0.25) is 0 Å². The quantitative estimate of drug-likeness (QED) is 0.761. The lowest BCUT2D eigenvalue weighted by molar-refractivity contribution is 0.0793. The Balaban J connectivity index is 1.82. The highest BCUT2D eigenvalue weighted by atomic mass is 32.2. The third-order valence-electron chi connectivity index (χ3n) is 3.73. The fourth-order valence-corrected chi connectivity index (χ4v) is 4.24. The van der Waals surface area contributed by atoms with E-state index in [0.29, 0.717) is 11.2 Å². The van der Waals surface area contributed by atoms with Crippen molar-refractivity contribution in [2.45, 2.75) is 62.7 Å². The van der Waals surface area contributed by atoms with Crippen LogP contribution in [0.5, 0.6) is 0 Å². The van der Waals surface area contributed by atoms with E-state index in [1.54, 1.807) is 0 Å². The summed E-state index contributed by atoms with van der Waals surface area (Å²) in [6.45, 7) is 0. The highest BCUT2D eigenvalue weighted by Gasteiger charge is 2.29. The molecule has 0 aromatic carbocycles. The zero-order valence-corrected chi connectivity index (χ0v) is 9.77. The molecule has 2 atom stereocenters. The van der Waals surface area contributed by atoms with Crippen LogP contribution < -0.4 is 0 Å². The van der Waals surface area contributed by atoms with E-state index in [9.17, 15) is 5.11 Å². The van der Waals surface area contributed by atoms with Crippen LogP contribution in [0, 0.1) is 5.92 Å². The molecular weight excluding hydrogens is 192 g/mol. The maximum atomic E-state index is 10.3. The number of aliphatic hydroxyl groups is 1. The third-order valence-corrected chi connectivity index (χ3v) is 5.20. The van der Waals surface area contributed by atoms with Crippen LogP contribution in [0.3, 0.4) is 0 Å². The fourth-order valence-electron chi connectivity index (χ4n) is 2.81. The van der Waals surface area contributed by atoms with Crippen molar-refractivity contribution >= 4 is 11.8 Å². The Morgan fingerprint density at radius 2 is 1.64 bits per heavy atom. The van der Waals surface area contributed by atoms with Gasteiger partial charge >= 0.3 is 0 Å². The van der Waals surface area contributed by atoms with Gasteiger partial charge in [-0.1, -0.05) is 25.7 Å². The van der Waals surface area contributed by atoms with Crippen molar-refractivity contribution in [3.05, 3.63) is 0 Å². The predicted molar refractivity (Wildman–Crippen MR) is 62.7 cm³/mol. The lowest BCUT2D eigenvalue weighted by atomic mass is 9.83. The van der Waals surface area contributed by atoms with Crippen molar-refractivity contribution < 1.29 is 5.11 Å². The first-order valence-electron chi connectivity index (χ1n) is 6.17. The second kappa shape index (κ2) is 5.41. The van der Waals surface area contributed by atoms with Crippen molar-refractivity contribution in [3.63, 3.8) is 0 Å². The largest absolute Gasteiger partial charge is 0.392 e. The molecule has 1 saturated heterocycles. The Kier molecular flexibility index (Phi) is 4.18. The van der Waals surface area contributed by atoms with Crippen LogP contribution >= 0.6 is 11.8 Å². The van der Waals surface area contributed by atoms with Crippen LogP contribution in [0.4, 0.5) is 0 Å². The third kappa shape index (κ3) is 2.66. The SMILES string of the molecule is OC(C1CCCCC1)C1CCCCS1. The maximum Gasteiger partial charge on any atom is 0.0686 e. The number of rotatable bonds is 2. The van der Waals surface area contributed by atoms with Gasteiger partial charge < -0.3 is 5.11 Å². The van der Waals surface area contributed by atoms with Crippen molar-refractivity contribution in [1.82, 2.24) is 0 Å². The van der Waals surface area contributed by atoms with Gasteiger partial charge in [-0.25, -0.2) is 0 Å². The molecule has 1 nitrogen and oxygen atoms in total. The molecule has 1 heterocycles. The minimum atomic E-state index is 0.000556. The summed E-state index contributed by atoms with van der Waals surface area (Å²) >= 11 is 2.01. The van der Waals surface area contributed by atoms with Gasteiger partial charge in [-0.2, -0.15) is 11.8 Å². The standard InChI is InChI=1S/C12H22OS/c13-12(10-6-2-1-3-7-10)11-8-4-5-9-14-11/h10-13H,1-9H2. The lowest BCUT2D eigenvalue weighted by Crippen LogP contribution is -2.34. The van der Waals surface area contributed by atoms with Crippen molar-refractivity contribution in [2.75, 3.05) is 5.75 Å². The Hall–Kier alpha value is 0.310. The Morgan fingerprint density at radius 3 is 2.29 bits per heavy atom. The lowest BCUT2D eigenvalue weighted by Gasteiger charge is -2.33. The summed E-state index contributed by atoms with van der Waals surface area (Å²) < 4.78 is 0. The van der Waals surface area contributed by atoms with Crippen LogP contribution in [0.15, 0.2) is 0 Å². The normalized spacial score (nSPS) is 32.8. The second-order valence-corrected chi connectivity index (χ2v) is 6.14. The first kappa shape index (κ1) is 10.8. The predicted octanol–water partition coefficient (Wildman–Crippen LogP) is 3.21. The molecule has 1 aliphatic heterocycles. The van der Waals surface area contributed by atoms with Gasteiger partial charge in [-0.05, 0) is 37.4 Å². The van der Waals surface area contributed by atoms with Gasteiger partial charge in [-0.15, -0.1) is 0 Å². The summed E-state index contributed by atoms with van der Waals surface area (Å²) in [6.07, 6.45) is 10.6. The Bertz CT molecular complexity index is 142. The molecule has 0 aromatic rings. The highest BCUT2D eigenvalue weighted by molar-refractivity contribution is 8.00. The van der Waals surface area contributed by atoms with Crippen LogP contribution in [-0.2, 0) is 0 Å². The zero-order chi connectivity index (χ0) is 9.80. The molecule has 2 rings (SSSR count). The minimum absolute atomic E-state index is 0.000556. The van der Waals surface area contributed by atoms with Gasteiger partial charge in [0.25, 0.3) is 0 Å². The van der Waals surface area contributed by atoms with E-state index in [1.165, 1.54) is 57.1 Å². The van der Waals surface area contributed by atoms with Gasteiger partial charge in [0.2, 0.25) is 0 Å². The number of hydrogen-bond donors (Lipinski definition) is 1. The molecule has 0 radical (unpaired) electrons. The topological polar surface area (TPSA) is 20.2 Å². The Labute approximate surface area is 91.7 Å². The summed E-state index contributed by atoms with van der Waals surface area (Å²) in [4.78, 5) is 0. The van der Waals surface area contributed by atoms with E-state index >= 15 is 0 Å². The smallest absolute Gasteiger partial charge is 0.0686 e. The van der Waals surface area contributed by atoms with E-state index in [0.717, 1.165) is 0 Å². The van der Waals surface area contributed by atoms with E-state index < -0.39 is 0 Å². The Morgan fingerprint density at radius 1 is 0.929 bits per heavy atom. The molecule has 2 aliphatic rings. The van der Waals surface area contributed by atoms with E-state index in [4.69, 9.17) is 0 Å². The maximum absolute atomic E-state index is 10.3. The summed E-state index contributed by atoms with van der Waals surface area (Å²) in [5.74, 6) is 1.90. The van der Waals surface area contributed by atoms with Crippen molar-refractivity contribution in [1.29, 1.82) is 0 Å². The summed E-state index contributed by atoms with van der Waals surface area (Å²) in [5, 5.41) is 10.8. The van der Waals surface area contributed by atoms with Crippen molar-refractivity contribution in [2.24, 2.45) is 5.92 Å². The molecule has 82 valence electrons. The molecule has 1 N–H and O–H groups in total. The molecule has 2 fully saturated rings. The van der Waals surface area contributed by atoms with E-state index in [-0.39, 0.29) is 6.10 Å². The molecule has 0 aromatic heterocycles. The van der Waals surface area contributed by atoms with Crippen LogP contribution in [0.2, 0.25) is 0 Å². The molecule has 0 amide bonds. The first-order valence-corrected chi connectivity index (χ1v) is 7.22. The molecule has 0 bridgehead atoms. The van der Waals surface area contributed by atoms with E-state index in [1.807, 2.05) is 11.8 Å². The van der Waals surface area contributed by atoms with Gasteiger partial charge in [0.1, 0.15) is 0 Å². The molecule has 2 heteroatoms. The van der Waals surface area contributed by atoms with Gasteiger partial charge in [0.05, 0.1) is 6.10 Å². The van der Waals surface area contributed by atoms with E-state index in [2.05, 4.69) is 0 Å². The first-order chi connectivity index (χ1) is 6.88. The zero-order valence-electron chi connectivity index (χ0n) is 8.95. The number of aliphatic hydroxyl groups excluding tert-OH is 1. The number of thioether (sulfide) groups is 1. The summed E-state index contributed by atoms with van der Waals surface area (Å²) in [7, 11) is 0. The summed E-state index contributed by atoms with van der Waals surface area (Å²) in [6, 6.07) is 0. The fraction of sp³-hybridized carbons (Fsp3) is 1.00. The van der Waals surface area contributed by atoms with Crippen LogP contribution in [0.1, 0.15) is 51.4 Å². The second-order valence-electron chi connectivity index (χ2n) is 4.79. The molecule has 0 spiro atoms. The van der Waals surface area contributed by atoms with Crippen LogP contribution in [-0.4, -0.2) is 22.2 Å². The molecule has 1 aliphatic carbocycles. The molecular formula is C12H22OS. The molecule has 14 heavy (non-hydrogen) atoms. The van der Waals surface area contributed by atoms with Crippen molar-refractivity contribution in [3.8, 4) is 0 Å².